The lowest BCUT2D eigenvalue weighted by molar-refractivity contribution is 0.320. The molecule has 0 aliphatic heterocycles. The average molecular weight is 378 g/mol. The van der Waals surface area contributed by atoms with Crippen LogP contribution in [0.4, 0.5) is 0 Å². The highest BCUT2D eigenvalue weighted by Gasteiger charge is 2.19. The number of hydrogen-bond donors (Lipinski definition) is 0. The first-order valence-corrected chi connectivity index (χ1v) is 8.62. The Morgan fingerprint density at radius 1 is 0.741 bits per heavy atom. The highest BCUT2D eigenvalue weighted by atomic mass is 16.5. The molecular weight excluding hydrogens is 348 g/mol. The first kappa shape index (κ1) is 22.5. The molecule has 0 amide bonds. The molecule has 9 heteroatoms. The Balaban J connectivity index is 0.000000202. The normalized spacial score (nSPS) is 11.9. The molecule has 9 nitrogen and oxygen atoms in total. The third-order valence-corrected chi connectivity index (χ3v) is 3.04. The van der Waals surface area contributed by atoms with Crippen molar-refractivity contribution in [1.29, 1.82) is 0 Å². The van der Waals surface area contributed by atoms with Gasteiger partial charge in [-0.15, -0.1) is 10.2 Å². The fourth-order valence-electron chi connectivity index (χ4n) is 1.50. The molecule has 0 saturated heterocycles. The van der Waals surface area contributed by atoms with Crippen molar-refractivity contribution in [1.82, 2.24) is 30.5 Å². The molecule has 3 heterocycles. The third kappa shape index (κ3) is 8.10. The average Bonchev–Trinajstić information content (AvgIpc) is 3.28. The van der Waals surface area contributed by atoms with Gasteiger partial charge in [-0.25, -0.2) is 0 Å². The molecule has 0 aliphatic carbocycles. The minimum absolute atomic E-state index is 0.00694. The van der Waals surface area contributed by atoms with Crippen LogP contribution in [0, 0.1) is 0 Å². The predicted molar refractivity (Wildman–Crippen MR) is 99.0 cm³/mol. The fraction of sp³-hybridized carbons (Fsp3) is 0.667. The van der Waals surface area contributed by atoms with E-state index in [4.69, 9.17) is 8.94 Å². The molecule has 0 aromatic carbocycles. The number of nitrogens with zero attached hydrogens (tertiary/aromatic N) is 6. The summed E-state index contributed by atoms with van der Waals surface area (Å²) in [4.78, 5) is 7.82. The van der Waals surface area contributed by atoms with Gasteiger partial charge in [0.25, 0.3) is 0 Å². The van der Waals surface area contributed by atoms with E-state index >= 15 is 0 Å². The second kappa shape index (κ2) is 8.88. The zero-order chi connectivity index (χ0) is 20.7. The maximum absolute atomic E-state index is 4.98. The van der Waals surface area contributed by atoms with Gasteiger partial charge in [0.2, 0.25) is 24.6 Å². The minimum Gasteiger partial charge on any atom is -0.427 e. The predicted octanol–water partition coefficient (Wildman–Crippen LogP) is 4.10. The van der Waals surface area contributed by atoms with Crippen LogP contribution in [0.3, 0.4) is 0 Å². The molecular formula is C18H30N6O3. The van der Waals surface area contributed by atoms with E-state index < -0.39 is 0 Å². The standard InChI is InChI=1S/3C6H10N2O/c1-6(2,3)5-8-7-4-9-5;1-6(2,3)5-7-4-9-8-5;1-6(2,3)5-7-4-8-9-5/h3*4H,1-3H3. The Kier molecular flexibility index (Phi) is 7.38. The van der Waals surface area contributed by atoms with Crippen LogP contribution in [0.1, 0.15) is 79.9 Å². The van der Waals surface area contributed by atoms with E-state index in [0.29, 0.717) is 11.8 Å². The molecule has 27 heavy (non-hydrogen) atoms. The summed E-state index contributed by atoms with van der Waals surface area (Å²) in [6.45, 7) is 18.3. The molecule has 0 aliphatic rings. The van der Waals surface area contributed by atoms with Crippen molar-refractivity contribution >= 4 is 0 Å². The van der Waals surface area contributed by atoms with Crippen molar-refractivity contribution in [3.8, 4) is 0 Å². The molecule has 3 aromatic heterocycles. The van der Waals surface area contributed by atoms with Crippen LogP contribution >= 0.6 is 0 Å². The molecule has 0 N–H and O–H groups in total. The van der Waals surface area contributed by atoms with Crippen LogP contribution in [0.15, 0.2) is 32.6 Å². The van der Waals surface area contributed by atoms with Crippen molar-refractivity contribution in [2.75, 3.05) is 0 Å². The topological polar surface area (TPSA) is 117 Å². The summed E-state index contributed by atoms with van der Waals surface area (Å²) >= 11 is 0. The number of hydrogen-bond acceptors (Lipinski definition) is 9. The molecule has 3 rings (SSSR count). The van der Waals surface area contributed by atoms with Gasteiger partial charge < -0.3 is 13.5 Å². The number of rotatable bonds is 0. The van der Waals surface area contributed by atoms with Gasteiger partial charge in [0.15, 0.2) is 12.2 Å². The maximum atomic E-state index is 4.98. The van der Waals surface area contributed by atoms with E-state index in [-0.39, 0.29) is 16.2 Å². The fourth-order valence-corrected chi connectivity index (χ4v) is 1.50. The molecule has 3 aromatic rings. The highest BCUT2D eigenvalue weighted by Crippen LogP contribution is 2.18. The Morgan fingerprint density at radius 3 is 1.59 bits per heavy atom. The van der Waals surface area contributed by atoms with E-state index in [9.17, 15) is 0 Å². The lowest BCUT2D eigenvalue weighted by Gasteiger charge is -2.10. The monoisotopic (exact) mass is 378 g/mol. The first-order chi connectivity index (χ1) is 12.3. The van der Waals surface area contributed by atoms with E-state index in [2.05, 4.69) is 35.0 Å². The second-order valence-corrected chi connectivity index (χ2v) is 9.00. The van der Waals surface area contributed by atoms with Crippen LogP contribution in [0.2, 0.25) is 0 Å². The van der Waals surface area contributed by atoms with E-state index in [1.54, 1.807) is 0 Å². The summed E-state index contributed by atoms with van der Waals surface area (Å²) in [6.07, 6.45) is 4.11. The van der Waals surface area contributed by atoms with Crippen molar-refractivity contribution in [3.05, 3.63) is 36.7 Å². The van der Waals surface area contributed by atoms with E-state index in [1.807, 2.05) is 62.3 Å². The summed E-state index contributed by atoms with van der Waals surface area (Å²) in [5.41, 5.74) is -0.0278. The Hall–Kier alpha value is -2.58. The van der Waals surface area contributed by atoms with E-state index in [0.717, 1.165) is 5.82 Å². The summed E-state index contributed by atoms with van der Waals surface area (Å²) in [7, 11) is 0. The van der Waals surface area contributed by atoms with Gasteiger partial charge in [0, 0.05) is 16.2 Å². The lowest BCUT2D eigenvalue weighted by Crippen LogP contribution is -2.12. The molecule has 0 radical (unpaired) electrons. The molecule has 0 spiro atoms. The van der Waals surface area contributed by atoms with E-state index in [1.165, 1.54) is 19.1 Å². The van der Waals surface area contributed by atoms with Gasteiger partial charge in [-0.3, -0.25) is 0 Å². The van der Waals surface area contributed by atoms with Crippen molar-refractivity contribution in [2.24, 2.45) is 0 Å². The van der Waals surface area contributed by atoms with Crippen LogP contribution in [0.5, 0.6) is 0 Å². The van der Waals surface area contributed by atoms with Gasteiger partial charge in [-0.2, -0.15) is 9.97 Å². The van der Waals surface area contributed by atoms with Crippen LogP contribution in [-0.2, 0) is 16.2 Å². The summed E-state index contributed by atoms with van der Waals surface area (Å²) < 4.78 is 14.4. The Bertz CT molecular complexity index is 626. The van der Waals surface area contributed by atoms with Gasteiger partial charge in [-0.05, 0) is 0 Å². The zero-order valence-corrected chi connectivity index (χ0v) is 17.6. The molecule has 0 atom stereocenters. The smallest absolute Gasteiger partial charge is 0.231 e. The van der Waals surface area contributed by atoms with Crippen molar-refractivity contribution in [3.63, 3.8) is 0 Å². The molecule has 0 bridgehead atoms. The maximum Gasteiger partial charge on any atom is 0.231 e. The Morgan fingerprint density at radius 2 is 1.37 bits per heavy atom. The quantitative estimate of drug-likeness (QED) is 0.569. The third-order valence-electron chi connectivity index (χ3n) is 3.04. The summed E-state index contributed by atoms with van der Waals surface area (Å²) in [6, 6.07) is 0. The SMILES string of the molecule is CC(C)(C)c1ncno1.CC(C)(C)c1ncon1.CC(C)(C)c1nnco1. The largest absolute Gasteiger partial charge is 0.427 e. The van der Waals surface area contributed by atoms with Crippen LogP contribution < -0.4 is 0 Å². The first-order valence-electron chi connectivity index (χ1n) is 8.62. The van der Waals surface area contributed by atoms with Crippen LogP contribution in [0.25, 0.3) is 0 Å². The molecule has 0 fully saturated rings. The van der Waals surface area contributed by atoms with Gasteiger partial charge in [0.05, 0.1) is 0 Å². The molecule has 150 valence electrons. The van der Waals surface area contributed by atoms with Crippen molar-refractivity contribution < 1.29 is 13.5 Å². The van der Waals surface area contributed by atoms with Crippen LogP contribution in [-0.4, -0.2) is 30.5 Å². The minimum atomic E-state index is -0.0174. The van der Waals surface area contributed by atoms with Gasteiger partial charge >= 0.3 is 0 Å². The number of aromatic nitrogens is 6. The zero-order valence-electron chi connectivity index (χ0n) is 17.6. The highest BCUT2D eigenvalue weighted by molar-refractivity contribution is 4.96. The molecule has 0 unspecified atom stereocenters. The second-order valence-electron chi connectivity index (χ2n) is 9.00. The van der Waals surface area contributed by atoms with Crippen molar-refractivity contribution in [2.45, 2.75) is 78.6 Å². The summed E-state index contributed by atoms with van der Waals surface area (Å²) in [5, 5.41) is 14.5. The summed E-state index contributed by atoms with van der Waals surface area (Å²) in [5.74, 6) is 2.12. The molecule has 0 saturated carbocycles. The van der Waals surface area contributed by atoms with Gasteiger partial charge in [-0.1, -0.05) is 72.6 Å². The Labute approximate surface area is 160 Å². The lowest BCUT2D eigenvalue weighted by atomic mass is 9.96. The van der Waals surface area contributed by atoms with Gasteiger partial charge in [0.1, 0.15) is 0 Å².